The number of aryl methyl sites for hydroxylation is 1. The highest BCUT2D eigenvalue weighted by Gasteiger charge is 2.28. The summed E-state index contributed by atoms with van der Waals surface area (Å²) in [5, 5.41) is 1.03. The summed E-state index contributed by atoms with van der Waals surface area (Å²) in [5.41, 5.74) is 3.44. The lowest BCUT2D eigenvalue weighted by Crippen LogP contribution is -3.13. The molecule has 1 aliphatic rings. The third-order valence-corrected chi connectivity index (χ3v) is 5.11. The molecule has 0 bridgehead atoms. The maximum absolute atomic E-state index is 12.4. The Hall–Kier alpha value is -1.94. The van der Waals surface area contributed by atoms with Crippen LogP contribution in [0.2, 0.25) is 0 Å². The number of aromatic nitrogens is 1. The summed E-state index contributed by atoms with van der Waals surface area (Å²) in [5.74, 6) is 1.15. The maximum atomic E-state index is 12.4. The van der Waals surface area contributed by atoms with Crippen molar-refractivity contribution in [2.45, 2.75) is 33.7 Å². The van der Waals surface area contributed by atoms with Gasteiger partial charge in [0.25, 0.3) is 0 Å². The molecule has 128 valence electrons. The largest absolute Gasteiger partial charge is 0.465 e. The average molecular weight is 327 g/mol. The number of piperidine rings is 1. The summed E-state index contributed by atoms with van der Waals surface area (Å²) < 4.78 is 5.05. The van der Waals surface area contributed by atoms with Crippen LogP contribution >= 0.6 is 0 Å². The number of hydrogen-bond donors (Lipinski definition) is 1. The van der Waals surface area contributed by atoms with Gasteiger partial charge in [0.15, 0.2) is 0 Å². The number of fused-ring (bicyclic) bond motifs is 1. The van der Waals surface area contributed by atoms with Crippen LogP contribution in [0.1, 0.15) is 41.9 Å². The monoisotopic (exact) mass is 327 g/mol. The lowest BCUT2D eigenvalue weighted by atomic mass is 9.91. The molecule has 0 aliphatic carbocycles. The second kappa shape index (κ2) is 6.89. The van der Waals surface area contributed by atoms with Crippen LogP contribution in [0.25, 0.3) is 10.9 Å². The third kappa shape index (κ3) is 3.29. The van der Waals surface area contributed by atoms with Crippen LogP contribution in [0.5, 0.6) is 0 Å². The van der Waals surface area contributed by atoms with Crippen molar-refractivity contribution in [2.24, 2.45) is 11.8 Å². The van der Waals surface area contributed by atoms with Crippen LogP contribution in [0.4, 0.5) is 0 Å². The number of benzene rings is 1. The topological polar surface area (TPSA) is 43.6 Å². The molecular formula is C20H27N2O2+. The molecule has 2 heterocycles. The van der Waals surface area contributed by atoms with Gasteiger partial charge in [-0.25, -0.2) is 9.78 Å². The van der Waals surface area contributed by atoms with Crippen molar-refractivity contribution in [3.8, 4) is 0 Å². The van der Waals surface area contributed by atoms with Crippen LogP contribution < -0.4 is 4.90 Å². The van der Waals surface area contributed by atoms with Gasteiger partial charge < -0.3 is 9.64 Å². The first-order valence-electron chi connectivity index (χ1n) is 8.79. The molecule has 1 fully saturated rings. The molecule has 2 atom stereocenters. The van der Waals surface area contributed by atoms with Crippen LogP contribution in [-0.4, -0.2) is 31.2 Å². The van der Waals surface area contributed by atoms with Crippen molar-refractivity contribution in [1.82, 2.24) is 4.98 Å². The molecule has 1 aromatic heterocycles. The summed E-state index contributed by atoms with van der Waals surface area (Å²) in [7, 11) is 1.44. The van der Waals surface area contributed by atoms with E-state index in [1.807, 2.05) is 31.2 Å². The maximum Gasteiger partial charge on any atom is 0.340 e. The van der Waals surface area contributed by atoms with Gasteiger partial charge in [0.2, 0.25) is 0 Å². The van der Waals surface area contributed by atoms with Crippen LogP contribution in [0, 0.1) is 18.8 Å². The second-order valence-corrected chi connectivity index (χ2v) is 7.35. The van der Waals surface area contributed by atoms with E-state index in [4.69, 9.17) is 9.72 Å². The lowest BCUT2D eigenvalue weighted by Gasteiger charge is -2.32. The van der Waals surface area contributed by atoms with Crippen molar-refractivity contribution in [1.29, 1.82) is 0 Å². The highest BCUT2D eigenvalue weighted by molar-refractivity contribution is 5.98. The zero-order chi connectivity index (χ0) is 17.3. The number of ether oxygens (including phenoxy) is 1. The fourth-order valence-corrected chi connectivity index (χ4v) is 4.25. The summed E-state index contributed by atoms with van der Waals surface area (Å²) in [6.07, 6.45) is 1.29. The van der Waals surface area contributed by atoms with Crippen LogP contribution in [-0.2, 0) is 11.3 Å². The van der Waals surface area contributed by atoms with Crippen LogP contribution in [0.3, 0.4) is 0 Å². The van der Waals surface area contributed by atoms with Crippen molar-refractivity contribution in [2.75, 3.05) is 20.2 Å². The molecule has 2 aromatic rings. The van der Waals surface area contributed by atoms with Gasteiger partial charge in [-0.2, -0.15) is 0 Å². The Morgan fingerprint density at radius 3 is 2.58 bits per heavy atom. The number of pyridine rings is 1. The quantitative estimate of drug-likeness (QED) is 0.881. The molecule has 1 saturated heterocycles. The molecule has 1 N–H and O–H groups in total. The first kappa shape index (κ1) is 16.9. The lowest BCUT2D eigenvalue weighted by molar-refractivity contribution is -0.926. The average Bonchev–Trinajstić information content (AvgIpc) is 2.53. The fraction of sp³-hybridized carbons (Fsp3) is 0.500. The van der Waals surface area contributed by atoms with E-state index in [2.05, 4.69) is 13.8 Å². The van der Waals surface area contributed by atoms with Gasteiger partial charge in [-0.1, -0.05) is 32.0 Å². The number of para-hydroxylation sites is 1. The second-order valence-electron chi connectivity index (χ2n) is 7.35. The summed E-state index contributed by atoms with van der Waals surface area (Å²) in [4.78, 5) is 18.7. The predicted octanol–water partition coefficient (Wildman–Crippen LogP) is 2.39. The first-order chi connectivity index (χ1) is 11.5. The Morgan fingerprint density at radius 1 is 1.25 bits per heavy atom. The van der Waals surface area contributed by atoms with Gasteiger partial charge in [-0.3, -0.25) is 0 Å². The zero-order valence-corrected chi connectivity index (χ0v) is 15.1. The molecular weight excluding hydrogens is 300 g/mol. The van der Waals surface area contributed by atoms with E-state index in [1.165, 1.54) is 18.4 Å². The summed E-state index contributed by atoms with van der Waals surface area (Å²) in [6, 6.07) is 8.01. The van der Waals surface area contributed by atoms with Crippen molar-refractivity contribution in [3.63, 3.8) is 0 Å². The third-order valence-electron chi connectivity index (χ3n) is 5.11. The van der Waals surface area contributed by atoms with Gasteiger partial charge in [0.05, 0.1) is 31.3 Å². The Bertz CT molecular complexity index is 747. The number of likely N-dealkylation sites (tertiary alicyclic amines) is 1. The summed E-state index contributed by atoms with van der Waals surface area (Å²) in [6.45, 7) is 9.68. The van der Waals surface area contributed by atoms with E-state index < -0.39 is 0 Å². The number of carbonyl (C=O) groups is 1. The molecule has 24 heavy (non-hydrogen) atoms. The number of carbonyl (C=O) groups excluding carboxylic acids is 1. The molecule has 4 nitrogen and oxygen atoms in total. The Morgan fingerprint density at radius 2 is 1.92 bits per heavy atom. The SMILES string of the molecule is COC(=O)c1c(C[NH+]2C[C@@H](C)C[C@H](C)C2)nc2ccccc2c1C. The van der Waals surface area contributed by atoms with E-state index in [-0.39, 0.29) is 5.97 Å². The first-order valence-corrected chi connectivity index (χ1v) is 8.79. The van der Waals surface area contributed by atoms with E-state index in [0.29, 0.717) is 17.4 Å². The number of rotatable bonds is 3. The molecule has 0 amide bonds. The van der Waals surface area contributed by atoms with Gasteiger partial charge in [0.1, 0.15) is 12.2 Å². The van der Waals surface area contributed by atoms with E-state index in [9.17, 15) is 4.79 Å². The van der Waals surface area contributed by atoms with Gasteiger partial charge in [-0.15, -0.1) is 0 Å². The molecule has 0 radical (unpaired) electrons. The number of nitrogens with zero attached hydrogens (tertiary/aromatic N) is 1. The molecule has 3 rings (SSSR count). The Labute approximate surface area is 143 Å². The summed E-state index contributed by atoms with van der Waals surface area (Å²) >= 11 is 0. The number of hydrogen-bond acceptors (Lipinski definition) is 3. The number of quaternary nitrogens is 1. The molecule has 0 unspecified atom stereocenters. The van der Waals surface area contributed by atoms with Gasteiger partial charge in [0, 0.05) is 17.2 Å². The highest BCUT2D eigenvalue weighted by atomic mass is 16.5. The number of methoxy groups -OCH3 is 1. The zero-order valence-electron chi connectivity index (χ0n) is 15.1. The Balaban J connectivity index is 2.03. The minimum absolute atomic E-state index is 0.279. The molecule has 1 aromatic carbocycles. The van der Waals surface area contributed by atoms with Crippen molar-refractivity contribution >= 4 is 16.9 Å². The standard InChI is InChI=1S/C20H26N2O2/c1-13-9-14(2)11-22(10-13)12-18-19(20(23)24-4)15(3)16-7-5-6-8-17(16)21-18/h5-8,13-14H,9-12H2,1-4H3/p+1/t13-,14-/m0/s1. The van der Waals surface area contributed by atoms with E-state index >= 15 is 0 Å². The van der Waals surface area contributed by atoms with Crippen molar-refractivity contribution in [3.05, 3.63) is 41.1 Å². The fourth-order valence-electron chi connectivity index (χ4n) is 4.25. The normalized spacial score (nSPS) is 24.1. The van der Waals surface area contributed by atoms with Crippen LogP contribution in [0.15, 0.2) is 24.3 Å². The van der Waals surface area contributed by atoms with E-state index in [0.717, 1.165) is 41.8 Å². The highest BCUT2D eigenvalue weighted by Crippen LogP contribution is 2.23. The predicted molar refractivity (Wildman–Crippen MR) is 95.2 cm³/mol. The minimum atomic E-state index is -0.279. The smallest absolute Gasteiger partial charge is 0.340 e. The molecule has 1 aliphatic heterocycles. The molecule has 0 spiro atoms. The Kier molecular flexibility index (Phi) is 4.86. The molecule has 0 saturated carbocycles. The van der Waals surface area contributed by atoms with Crippen molar-refractivity contribution < 1.29 is 14.4 Å². The number of esters is 1. The molecule has 4 heteroatoms. The minimum Gasteiger partial charge on any atom is -0.465 e. The number of nitrogens with one attached hydrogen (secondary N) is 1. The van der Waals surface area contributed by atoms with E-state index in [1.54, 1.807) is 0 Å². The van der Waals surface area contributed by atoms with Gasteiger partial charge >= 0.3 is 5.97 Å². The van der Waals surface area contributed by atoms with Gasteiger partial charge in [-0.05, 0) is 25.0 Å².